The minimum atomic E-state index is 0.0847. The first-order valence-electron chi connectivity index (χ1n) is 4.67. The molecule has 1 aromatic rings. The molecule has 0 saturated carbocycles. The van der Waals surface area contributed by atoms with E-state index in [1.807, 2.05) is 24.0 Å². The van der Waals surface area contributed by atoms with Crippen molar-refractivity contribution < 1.29 is 10.2 Å². The number of aryl methyl sites for hydroxylation is 1. The lowest BCUT2D eigenvalue weighted by Gasteiger charge is -2.22. The van der Waals surface area contributed by atoms with Gasteiger partial charge in [-0.2, -0.15) is 0 Å². The zero-order valence-electron chi connectivity index (χ0n) is 8.35. The third-order valence-corrected chi connectivity index (χ3v) is 1.99. The van der Waals surface area contributed by atoms with Gasteiger partial charge in [0.05, 0.1) is 13.2 Å². The standard InChI is InChI=1S/C10H16N2O2/c1-9-8-10(2-3-11-9)12(4-6-13)5-7-14/h2-3,8,13-14H,4-7H2,1H3. The molecule has 0 radical (unpaired) electrons. The minimum Gasteiger partial charge on any atom is -0.395 e. The van der Waals surface area contributed by atoms with Gasteiger partial charge < -0.3 is 15.1 Å². The van der Waals surface area contributed by atoms with Crippen LogP contribution in [0.5, 0.6) is 0 Å². The predicted molar refractivity (Wildman–Crippen MR) is 55.4 cm³/mol. The van der Waals surface area contributed by atoms with Crippen LogP contribution in [0.1, 0.15) is 5.69 Å². The second-order valence-electron chi connectivity index (χ2n) is 3.09. The van der Waals surface area contributed by atoms with Gasteiger partial charge in [-0.25, -0.2) is 0 Å². The molecule has 78 valence electrons. The number of anilines is 1. The molecule has 4 nitrogen and oxygen atoms in total. The lowest BCUT2D eigenvalue weighted by molar-refractivity contribution is 0.281. The zero-order chi connectivity index (χ0) is 10.4. The first-order chi connectivity index (χ1) is 6.77. The molecule has 0 bridgehead atoms. The normalized spacial score (nSPS) is 10.2. The van der Waals surface area contributed by atoms with E-state index in [2.05, 4.69) is 4.98 Å². The van der Waals surface area contributed by atoms with Crippen molar-refractivity contribution in [3.8, 4) is 0 Å². The molecule has 0 amide bonds. The van der Waals surface area contributed by atoms with Gasteiger partial charge in [-0.3, -0.25) is 4.98 Å². The van der Waals surface area contributed by atoms with Crippen LogP contribution in [0.4, 0.5) is 5.69 Å². The Balaban J connectivity index is 2.75. The Hall–Kier alpha value is -1.13. The Bertz CT molecular complexity index is 273. The molecule has 1 rings (SSSR count). The molecule has 2 N–H and O–H groups in total. The van der Waals surface area contributed by atoms with Gasteiger partial charge in [-0.15, -0.1) is 0 Å². The molecule has 0 atom stereocenters. The molecule has 0 aliphatic carbocycles. The third kappa shape index (κ3) is 2.97. The van der Waals surface area contributed by atoms with Crippen LogP contribution in [0.3, 0.4) is 0 Å². The largest absolute Gasteiger partial charge is 0.395 e. The summed E-state index contributed by atoms with van der Waals surface area (Å²) in [6.45, 7) is 3.15. The maximum Gasteiger partial charge on any atom is 0.0606 e. The van der Waals surface area contributed by atoms with Gasteiger partial charge >= 0.3 is 0 Å². The van der Waals surface area contributed by atoms with Crippen molar-refractivity contribution in [2.24, 2.45) is 0 Å². The van der Waals surface area contributed by atoms with Gasteiger partial charge in [0.15, 0.2) is 0 Å². The number of hydrogen-bond acceptors (Lipinski definition) is 4. The summed E-state index contributed by atoms with van der Waals surface area (Å²) >= 11 is 0. The Morgan fingerprint density at radius 1 is 1.29 bits per heavy atom. The van der Waals surface area contributed by atoms with Crippen molar-refractivity contribution in [3.63, 3.8) is 0 Å². The lowest BCUT2D eigenvalue weighted by atomic mass is 10.3. The molecule has 1 heterocycles. The van der Waals surface area contributed by atoms with Gasteiger partial charge in [0, 0.05) is 30.7 Å². The molecule has 0 unspecified atom stereocenters. The topological polar surface area (TPSA) is 56.6 Å². The molecule has 0 spiro atoms. The van der Waals surface area contributed by atoms with Crippen LogP contribution < -0.4 is 4.90 Å². The minimum absolute atomic E-state index is 0.0847. The monoisotopic (exact) mass is 196 g/mol. The number of aliphatic hydroxyl groups excluding tert-OH is 2. The van der Waals surface area contributed by atoms with Crippen LogP contribution in [0.2, 0.25) is 0 Å². The summed E-state index contributed by atoms with van der Waals surface area (Å²) in [6.07, 6.45) is 1.73. The van der Waals surface area contributed by atoms with Crippen LogP contribution in [0.15, 0.2) is 18.3 Å². The van der Waals surface area contributed by atoms with Crippen molar-refractivity contribution in [1.29, 1.82) is 0 Å². The average Bonchev–Trinajstić information content (AvgIpc) is 2.17. The van der Waals surface area contributed by atoms with Crippen molar-refractivity contribution in [1.82, 2.24) is 4.98 Å². The molecule has 0 fully saturated rings. The molecule has 14 heavy (non-hydrogen) atoms. The predicted octanol–water partition coefficient (Wildman–Crippen LogP) is 0.181. The number of hydrogen-bond donors (Lipinski definition) is 2. The quantitative estimate of drug-likeness (QED) is 0.705. The van der Waals surface area contributed by atoms with E-state index in [1.165, 1.54) is 0 Å². The van der Waals surface area contributed by atoms with E-state index in [-0.39, 0.29) is 13.2 Å². The van der Waals surface area contributed by atoms with Crippen LogP contribution in [0.25, 0.3) is 0 Å². The number of aliphatic hydroxyl groups is 2. The molecule has 0 aliphatic rings. The Morgan fingerprint density at radius 3 is 2.43 bits per heavy atom. The first kappa shape index (κ1) is 10.9. The first-order valence-corrected chi connectivity index (χ1v) is 4.67. The van der Waals surface area contributed by atoms with E-state index >= 15 is 0 Å². The van der Waals surface area contributed by atoms with E-state index in [9.17, 15) is 0 Å². The SMILES string of the molecule is Cc1cc(N(CCO)CCO)ccn1. The summed E-state index contributed by atoms with van der Waals surface area (Å²) in [5.74, 6) is 0. The van der Waals surface area contributed by atoms with Crippen molar-refractivity contribution in [2.45, 2.75) is 6.92 Å². The third-order valence-electron chi connectivity index (χ3n) is 1.99. The van der Waals surface area contributed by atoms with Crippen LogP contribution >= 0.6 is 0 Å². The molecular formula is C10H16N2O2. The van der Waals surface area contributed by atoms with E-state index in [0.717, 1.165) is 11.4 Å². The highest BCUT2D eigenvalue weighted by Gasteiger charge is 2.04. The van der Waals surface area contributed by atoms with Crippen LogP contribution in [-0.2, 0) is 0 Å². The fraction of sp³-hybridized carbons (Fsp3) is 0.500. The second kappa shape index (κ2) is 5.57. The number of pyridine rings is 1. The summed E-state index contributed by atoms with van der Waals surface area (Å²) in [5, 5.41) is 17.7. The van der Waals surface area contributed by atoms with Crippen LogP contribution in [0, 0.1) is 6.92 Å². The Morgan fingerprint density at radius 2 is 1.93 bits per heavy atom. The van der Waals surface area contributed by atoms with Crippen molar-refractivity contribution >= 4 is 5.69 Å². The number of nitrogens with zero attached hydrogens (tertiary/aromatic N) is 2. The highest BCUT2D eigenvalue weighted by molar-refractivity contribution is 5.46. The van der Waals surface area contributed by atoms with E-state index in [1.54, 1.807) is 6.20 Å². The van der Waals surface area contributed by atoms with E-state index in [0.29, 0.717) is 13.1 Å². The van der Waals surface area contributed by atoms with Gasteiger partial charge in [-0.05, 0) is 19.1 Å². The Kier molecular flexibility index (Phi) is 4.35. The summed E-state index contributed by atoms with van der Waals surface area (Å²) < 4.78 is 0. The molecule has 1 aromatic heterocycles. The fourth-order valence-corrected chi connectivity index (χ4v) is 1.34. The second-order valence-corrected chi connectivity index (χ2v) is 3.09. The number of aromatic nitrogens is 1. The maximum atomic E-state index is 8.85. The summed E-state index contributed by atoms with van der Waals surface area (Å²) in [4.78, 5) is 6.02. The number of rotatable bonds is 5. The molecule has 0 aliphatic heterocycles. The van der Waals surface area contributed by atoms with Gasteiger partial charge in [-0.1, -0.05) is 0 Å². The molecule has 0 aromatic carbocycles. The van der Waals surface area contributed by atoms with Crippen molar-refractivity contribution in [3.05, 3.63) is 24.0 Å². The van der Waals surface area contributed by atoms with Crippen LogP contribution in [-0.4, -0.2) is 41.5 Å². The van der Waals surface area contributed by atoms with Crippen molar-refractivity contribution in [2.75, 3.05) is 31.2 Å². The highest BCUT2D eigenvalue weighted by atomic mass is 16.3. The van der Waals surface area contributed by atoms with E-state index < -0.39 is 0 Å². The molecular weight excluding hydrogens is 180 g/mol. The maximum absolute atomic E-state index is 8.85. The summed E-state index contributed by atoms with van der Waals surface area (Å²) in [6, 6.07) is 3.81. The van der Waals surface area contributed by atoms with Gasteiger partial charge in [0.2, 0.25) is 0 Å². The van der Waals surface area contributed by atoms with Gasteiger partial charge in [0.25, 0.3) is 0 Å². The Labute approximate surface area is 83.8 Å². The fourth-order valence-electron chi connectivity index (χ4n) is 1.34. The summed E-state index contributed by atoms with van der Waals surface area (Å²) in [5.41, 5.74) is 1.92. The highest BCUT2D eigenvalue weighted by Crippen LogP contribution is 2.13. The smallest absolute Gasteiger partial charge is 0.0606 e. The van der Waals surface area contributed by atoms with E-state index in [4.69, 9.17) is 10.2 Å². The zero-order valence-corrected chi connectivity index (χ0v) is 8.35. The molecule has 0 saturated heterocycles. The summed E-state index contributed by atoms with van der Waals surface area (Å²) in [7, 11) is 0. The van der Waals surface area contributed by atoms with Gasteiger partial charge in [0.1, 0.15) is 0 Å². The average molecular weight is 196 g/mol. The lowest BCUT2D eigenvalue weighted by Crippen LogP contribution is -2.29. The molecule has 4 heteroatoms.